The van der Waals surface area contributed by atoms with Gasteiger partial charge in [0.2, 0.25) is 0 Å². The summed E-state index contributed by atoms with van der Waals surface area (Å²) in [6.07, 6.45) is 0. The van der Waals surface area contributed by atoms with E-state index < -0.39 is 0 Å². The third kappa shape index (κ3) is 3.97. The molecule has 0 bridgehead atoms. The Morgan fingerprint density at radius 1 is 1.05 bits per heavy atom. The number of hydrogen-bond acceptors (Lipinski definition) is 2. The van der Waals surface area contributed by atoms with Crippen LogP contribution in [-0.4, -0.2) is 29.1 Å². The lowest BCUT2D eigenvalue weighted by Gasteiger charge is -2.22. The molecule has 0 aliphatic carbocycles. The van der Waals surface area contributed by atoms with Gasteiger partial charge in [-0.1, -0.05) is 59.6 Å². The Bertz CT molecular complexity index is 617. The lowest BCUT2D eigenvalue weighted by atomic mass is 10.1. The van der Waals surface area contributed by atoms with Crippen molar-refractivity contribution in [1.29, 1.82) is 0 Å². The van der Waals surface area contributed by atoms with E-state index in [4.69, 9.17) is 23.2 Å². The monoisotopic (exact) mass is 323 g/mol. The minimum absolute atomic E-state index is 0.114. The first-order chi connectivity index (χ1) is 10.1. The van der Waals surface area contributed by atoms with E-state index in [1.165, 1.54) is 0 Å². The van der Waals surface area contributed by atoms with Crippen LogP contribution in [0.25, 0.3) is 0 Å². The molecule has 0 unspecified atom stereocenters. The average Bonchev–Trinajstić information content (AvgIpc) is 2.50. The van der Waals surface area contributed by atoms with Crippen molar-refractivity contribution >= 4 is 29.1 Å². The van der Waals surface area contributed by atoms with E-state index in [-0.39, 0.29) is 24.1 Å². The Morgan fingerprint density at radius 2 is 1.76 bits per heavy atom. The van der Waals surface area contributed by atoms with Gasteiger partial charge in [0.1, 0.15) is 0 Å². The van der Waals surface area contributed by atoms with E-state index >= 15 is 0 Å². The zero-order chi connectivity index (χ0) is 15.2. The fourth-order valence-corrected chi connectivity index (χ4v) is 2.40. The molecule has 1 amide bonds. The van der Waals surface area contributed by atoms with Crippen molar-refractivity contribution in [2.24, 2.45) is 0 Å². The largest absolute Gasteiger partial charge is 0.395 e. The number of halogens is 2. The third-order valence-corrected chi connectivity index (χ3v) is 3.87. The van der Waals surface area contributed by atoms with Crippen molar-refractivity contribution in [2.75, 3.05) is 13.2 Å². The van der Waals surface area contributed by atoms with Gasteiger partial charge in [0, 0.05) is 13.1 Å². The first kappa shape index (κ1) is 15.8. The molecule has 0 fully saturated rings. The second-order valence-electron chi connectivity index (χ2n) is 4.54. The SMILES string of the molecule is O=C(c1cccc(Cl)c1Cl)N(CCO)Cc1ccccc1. The average molecular weight is 324 g/mol. The van der Waals surface area contributed by atoms with E-state index in [9.17, 15) is 9.90 Å². The molecule has 0 radical (unpaired) electrons. The number of nitrogens with zero attached hydrogens (tertiary/aromatic N) is 1. The van der Waals surface area contributed by atoms with Crippen LogP contribution in [0, 0.1) is 0 Å². The maximum atomic E-state index is 12.6. The van der Waals surface area contributed by atoms with E-state index in [2.05, 4.69) is 0 Å². The van der Waals surface area contributed by atoms with E-state index in [0.29, 0.717) is 17.1 Å². The van der Waals surface area contributed by atoms with Crippen molar-refractivity contribution in [3.8, 4) is 0 Å². The van der Waals surface area contributed by atoms with Crippen LogP contribution in [0.3, 0.4) is 0 Å². The molecule has 0 aliphatic rings. The van der Waals surface area contributed by atoms with Crippen LogP contribution in [-0.2, 0) is 6.54 Å². The van der Waals surface area contributed by atoms with Crippen LogP contribution < -0.4 is 0 Å². The molecule has 1 N–H and O–H groups in total. The number of carbonyl (C=O) groups excluding carboxylic acids is 1. The Kier molecular flexibility index (Phi) is 5.62. The van der Waals surface area contributed by atoms with Crippen LogP contribution in [0.1, 0.15) is 15.9 Å². The van der Waals surface area contributed by atoms with Gasteiger partial charge in [0.25, 0.3) is 5.91 Å². The van der Waals surface area contributed by atoms with Gasteiger partial charge in [0.05, 0.1) is 22.2 Å². The molecule has 0 atom stereocenters. The predicted molar refractivity (Wildman–Crippen MR) is 84.7 cm³/mol. The molecular formula is C16H15Cl2NO2. The van der Waals surface area contributed by atoms with E-state index in [0.717, 1.165) is 5.56 Å². The highest BCUT2D eigenvalue weighted by Crippen LogP contribution is 2.26. The normalized spacial score (nSPS) is 10.4. The number of aliphatic hydroxyl groups excluding tert-OH is 1. The third-order valence-electron chi connectivity index (χ3n) is 3.06. The van der Waals surface area contributed by atoms with Gasteiger partial charge in [-0.2, -0.15) is 0 Å². The zero-order valence-electron chi connectivity index (χ0n) is 11.3. The highest BCUT2D eigenvalue weighted by Gasteiger charge is 2.19. The summed E-state index contributed by atoms with van der Waals surface area (Å²) in [6, 6.07) is 14.5. The first-order valence-corrected chi connectivity index (χ1v) is 7.27. The highest BCUT2D eigenvalue weighted by atomic mass is 35.5. The van der Waals surface area contributed by atoms with Crippen molar-refractivity contribution in [3.63, 3.8) is 0 Å². The van der Waals surface area contributed by atoms with Gasteiger partial charge in [-0.3, -0.25) is 4.79 Å². The predicted octanol–water partition coefficient (Wildman–Crippen LogP) is 3.63. The quantitative estimate of drug-likeness (QED) is 0.912. The summed E-state index contributed by atoms with van der Waals surface area (Å²) in [7, 11) is 0. The second-order valence-corrected chi connectivity index (χ2v) is 5.32. The molecule has 2 rings (SSSR count). The second kappa shape index (κ2) is 7.46. The smallest absolute Gasteiger partial charge is 0.255 e. The number of carbonyl (C=O) groups is 1. The number of benzene rings is 2. The molecule has 2 aromatic rings. The summed E-state index contributed by atoms with van der Waals surface area (Å²) in [6.45, 7) is 0.524. The van der Waals surface area contributed by atoms with Crippen LogP contribution in [0.2, 0.25) is 10.0 Å². The summed E-state index contributed by atoms with van der Waals surface area (Å²) in [4.78, 5) is 14.1. The molecule has 0 saturated heterocycles. The van der Waals surface area contributed by atoms with E-state index in [1.807, 2.05) is 30.3 Å². The summed E-state index contributed by atoms with van der Waals surface area (Å²) in [5.41, 5.74) is 1.32. The number of rotatable bonds is 5. The fraction of sp³-hybridized carbons (Fsp3) is 0.188. The van der Waals surface area contributed by atoms with Crippen LogP contribution >= 0.6 is 23.2 Å². The van der Waals surface area contributed by atoms with Crippen LogP contribution in [0.15, 0.2) is 48.5 Å². The summed E-state index contributed by atoms with van der Waals surface area (Å²) in [5, 5.41) is 9.76. The van der Waals surface area contributed by atoms with Gasteiger partial charge in [-0.05, 0) is 17.7 Å². The molecular weight excluding hydrogens is 309 g/mol. The van der Waals surface area contributed by atoms with Gasteiger partial charge in [-0.25, -0.2) is 0 Å². The molecule has 21 heavy (non-hydrogen) atoms. The van der Waals surface area contributed by atoms with Crippen molar-refractivity contribution < 1.29 is 9.90 Å². The van der Waals surface area contributed by atoms with Crippen molar-refractivity contribution in [2.45, 2.75) is 6.54 Å². The molecule has 0 aromatic heterocycles. The number of hydrogen-bond donors (Lipinski definition) is 1. The van der Waals surface area contributed by atoms with Crippen LogP contribution in [0.4, 0.5) is 0 Å². The zero-order valence-corrected chi connectivity index (χ0v) is 12.8. The Morgan fingerprint density at radius 3 is 2.43 bits per heavy atom. The Hall–Kier alpha value is -1.55. The molecule has 0 heterocycles. The topological polar surface area (TPSA) is 40.5 Å². The summed E-state index contributed by atoms with van der Waals surface area (Å²) in [5.74, 6) is -0.250. The first-order valence-electron chi connectivity index (χ1n) is 6.51. The maximum absolute atomic E-state index is 12.6. The highest BCUT2D eigenvalue weighted by molar-refractivity contribution is 6.43. The summed E-state index contributed by atoms with van der Waals surface area (Å²) < 4.78 is 0. The summed E-state index contributed by atoms with van der Waals surface area (Å²) >= 11 is 12.0. The maximum Gasteiger partial charge on any atom is 0.255 e. The molecule has 2 aromatic carbocycles. The minimum Gasteiger partial charge on any atom is -0.395 e. The van der Waals surface area contributed by atoms with Gasteiger partial charge in [0.15, 0.2) is 0 Å². The van der Waals surface area contributed by atoms with Gasteiger partial charge < -0.3 is 10.0 Å². The minimum atomic E-state index is -0.250. The molecule has 3 nitrogen and oxygen atoms in total. The molecule has 0 aliphatic heterocycles. The molecule has 5 heteroatoms. The van der Waals surface area contributed by atoms with E-state index in [1.54, 1.807) is 23.1 Å². The van der Waals surface area contributed by atoms with Crippen molar-refractivity contribution in [1.82, 2.24) is 4.90 Å². The standard InChI is InChI=1S/C16H15Cl2NO2/c17-14-8-4-7-13(15(14)18)16(21)19(9-10-20)11-12-5-2-1-3-6-12/h1-8,20H,9-11H2. The lowest BCUT2D eigenvalue weighted by Crippen LogP contribution is -2.33. The Balaban J connectivity index is 2.25. The lowest BCUT2D eigenvalue weighted by molar-refractivity contribution is 0.0708. The van der Waals surface area contributed by atoms with Crippen molar-refractivity contribution in [3.05, 3.63) is 69.7 Å². The Labute approximate surface area is 133 Å². The number of aliphatic hydroxyl groups is 1. The van der Waals surface area contributed by atoms with Gasteiger partial charge in [-0.15, -0.1) is 0 Å². The fourth-order valence-electron chi connectivity index (χ4n) is 2.02. The van der Waals surface area contributed by atoms with Gasteiger partial charge >= 0.3 is 0 Å². The molecule has 0 spiro atoms. The molecule has 0 saturated carbocycles. The molecule has 110 valence electrons. The number of amides is 1. The van der Waals surface area contributed by atoms with Crippen LogP contribution in [0.5, 0.6) is 0 Å².